The van der Waals surface area contributed by atoms with E-state index in [9.17, 15) is 4.79 Å². The lowest BCUT2D eigenvalue weighted by molar-refractivity contribution is 0.0696. The molecule has 0 saturated heterocycles. The molecule has 6 heteroatoms. The van der Waals surface area contributed by atoms with Gasteiger partial charge in [-0.2, -0.15) is 0 Å². The van der Waals surface area contributed by atoms with Crippen molar-refractivity contribution in [3.63, 3.8) is 0 Å². The lowest BCUT2D eigenvalue weighted by atomic mass is 10.2. The van der Waals surface area contributed by atoms with Gasteiger partial charge in [-0.15, -0.1) is 11.3 Å². The minimum atomic E-state index is -1.03. The number of carboxylic acid groups (broad SMARTS) is 1. The van der Waals surface area contributed by atoms with Crippen LogP contribution in [0.25, 0.3) is 0 Å². The number of carbonyl (C=O) groups is 1. The Balaban J connectivity index is 2.29. The maximum Gasteiger partial charge on any atom is 0.337 e. The van der Waals surface area contributed by atoms with Gasteiger partial charge < -0.3 is 10.0 Å². The van der Waals surface area contributed by atoms with Crippen molar-refractivity contribution in [3.8, 4) is 0 Å². The first-order valence-electron chi connectivity index (χ1n) is 5.65. The van der Waals surface area contributed by atoms with E-state index in [0.29, 0.717) is 10.8 Å². The average molecular weight is 297 g/mol. The number of rotatable bonds is 4. The van der Waals surface area contributed by atoms with E-state index in [0.717, 1.165) is 0 Å². The second kappa shape index (κ2) is 5.59. The zero-order valence-corrected chi connectivity index (χ0v) is 12.1. The maximum absolute atomic E-state index is 10.8. The van der Waals surface area contributed by atoms with Crippen LogP contribution in [-0.4, -0.2) is 23.1 Å². The van der Waals surface area contributed by atoms with E-state index in [1.807, 2.05) is 29.5 Å². The van der Waals surface area contributed by atoms with Crippen LogP contribution < -0.4 is 4.90 Å². The first kappa shape index (κ1) is 13.8. The molecule has 0 aliphatic carbocycles. The van der Waals surface area contributed by atoms with Crippen molar-refractivity contribution in [1.82, 2.24) is 4.98 Å². The molecular formula is C13H13ClN2O2S. The number of aromatic nitrogens is 1. The number of aromatic carboxylic acids is 1. The fourth-order valence-corrected chi connectivity index (χ4v) is 2.84. The number of carboxylic acids is 1. The van der Waals surface area contributed by atoms with Crippen LogP contribution in [0, 0.1) is 0 Å². The zero-order valence-electron chi connectivity index (χ0n) is 10.5. The second-order valence-electron chi connectivity index (χ2n) is 4.14. The van der Waals surface area contributed by atoms with E-state index in [4.69, 9.17) is 16.7 Å². The third-order valence-electron chi connectivity index (χ3n) is 2.94. The molecule has 1 N–H and O–H groups in total. The van der Waals surface area contributed by atoms with Crippen molar-refractivity contribution < 1.29 is 9.90 Å². The quantitative estimate of drug-likeness (QED) is 0.935. The average Bonchev–Trinajstić information content (AvgIpc) is 2.90. The molecule has 4 nitrogen and oxygen atoms in total. The van der Waals surface area contributed by atoms with Crippen molar-refractivity contribution in [3.05, 3.63) is 45.2 Å². The highest BCUT2D eigenvalue weighted by atomic mass is 35.5. The van der Waals surface area contributed by atoms with E-state index in [1.54, 1.807) is 11.3 Å². The Hall–Kier alpha value is -1.59. The summed E-state index contributed by atoms with van der Waals surface area (Å²) in [5.74, 6) is -0.456. The van der Waals surface area contributed by atoms with E-state index >= 15 is 0 Å². The highest BCUT2D eigenvalue weighted by Gasteiger charge is 2.18. The van der Waals surface area contributed by atoms with Crippen LogP contribution in [0.15, 0.2) is 29.8 Å². The van der Waals surface area contributed by atoms with Crippen LogP contribution in [0.2, 0.25) is 5.02 Å². The molecule has 0 amide bonds. The zero-order chi connectivity index (χ0) is 14.0. The fraction of sp³-hybridized carbons (Fsp3) is 0.231. The number of thiophene rings is 1. The third-order valence-corrected chi connectivity index (χ3v) is 4.26. The molecule has 1 unspecified atom stereocenters. The molecule has 0 saturated carbocycles. The van der Waals surface area contributed by atoms with Gasteiger partial charge in [0.05, 0.1) is 16.6 Å². The summed E-state index contributed by atoms with van der Waals surface area (Å²) in [4.78, 5) is 18.1. The minimum Gasteiger partial charge on any atom is -0.478 e. The summed E-state index contributed by atoms with van der Waals surface area (Å²) in [6, 6.07) is 5.59. The van der Waals surface area contributed by atoms with Crippen LogP contribution in [0.5, 0.6) is 0 Å². The third kappa shape index (κ3) is 2.88. The molecule has 100 valence electrons. The van der Waals surface area contributed by atoms with Gasteiger partial charge in [-0.25, -0.2) is 9.78 Å². The summed E-state index contributed by atoms with van der Waals surface area (Å²) < 4.78 is 0. The first-order valence-corrected chi connectivity index (χ1v) is 6.91. The summed E-state index contributed by atoms with van der Waals surface area (Å²) in [7, 11) is 1.89. The van der Waals surface area contributed by atoms with Gasteiger partial charge in [0.2, 0.25) is 0 Å². The molecular weight excluding hydrogens is 284 g/mol. The Kier molecular flexibility index (Phi) is 4.07. The molecule has 2 aromatic rings. The monoisotopic (exact) mass is 296 g/mol. The van der Waals surface area contributed by atoms with E-state index in [-0.39, 0.29) is 11.6 Å². The van der Waals surface area contributed by atoms with Gasteiger partial charge in [0.1, 0.15) is 5.82 Å². The molecule has 19 heavy (non-hydrogen) atoms. The predicted molar refractivity (Wildman–Crippen MR) is 77.3 cm³/mol. The SMILES string of the molecule is CC(c1cccs1)N(C)c1ncc(C(=O)O)cc1Cl. The van der Waals surface area contributed by atoms with E-state index in [1.165, 1.54) is 17.1 Å². The van der Waals surface area contributed by atoms with Gasteiger partial charge in [-0.05, 0) is 24.4 Å². The lowest BCUT2D eigenvalue weighted by Crippen LogP contribution is -2.22. The number of pyridine rings is 1. The molecule has 2 aromatic heterocycles. The number of halogens is 1. The molecule has 2 rings (SSSR count). The largest absolute Gasteiger partial charge is 0.478 e. The summed E-state index contributed by atoms with van der Waals surface area (Å²) in [6.45, 7) is 2.05. The predicted octanol–water partition coefficient (Wildman–Crippen LogP) is 3.69. The Morgan fingerprint density at radius 1 is 1.58 bits per heavy atom. The Morgan fingerprint density at radius 3 is 2.84 bits per heavy atom. The minimum absolute atomic E-state index is 0.0888. The Morgan fingerprint density at radius 2 is 2.32 bits per heavy atom. The standard InChI is InChI=1S/C13H13ClN2O2S/c1-8(11-4-3-5-19-11)16(2)12-10(14)6-9(7-15-12)13(17)18/h3-8H,1-2H3,(H,17,18). The van der Waals surface area contributed by atoms with Crippen LogP contribution in [-0.2, 0) is 0 Å². The highest BCUT2D eigenvalue weighted by molar-refractivity contribution is 7.10. The van der Waals surface area contributed by atoms with Gasteiger partial charge >= 0.3 is 5.97 Å². The van der Waals surface area contributed by atoms with Gasteiger partial charge in [0.15, 0.2) is 0 Å². The molecule has 2 heterocycles. The van der Waals surface area contributed by atoms with Gasteiger partial charge in [-0.3, -0.25) is 0 Å². The van der Waals surface area contributed by atoms with Crippen LogP contribution in [0.4, 0.5) is 5.82 Å². The normalized spacial score (nSPS) is 12.2. The molecule has 0 fully saturated rings. The van der Waals surface area contributed by atoms with Crippen LogP contribution >= 0.6 is 22.9 Å². The van der Waals surface area contributed by atoms with Crippen molar-refractivity contribution >= 4 is 34.7 Å². The lowest BCUT2D eigenvalue weighted by Gasteiger charge is -2.26. The van der Waals surface area contributed by atoms with Crippen molar-refractivity contribution in [2.75, 3.05) is 11.9 Å². The Bertz CT molecular complexity index is 586. The smallest absolute Gasteiger partial charge is 0.337 e. The number of hydrogen-bond donors (Lipinski definition) is 1. The summed E-state index contributed by atoms with van der Waals surface area (Å²) in [5.41, 5.74) is 0.0888. The van der Waals surface area contributed by atoms with Crippen molar-refractivity contribution in [2.45, 2.75) is 13.0 Å². The number of nitrogens with zero attached hydrogens (tertiary/aromatic N) is 2. The number of anilines is 1. The second-order valence-corrected chi connectivity index (χ2v) is 5.52. The maximum atomic E-state index is 10.8. The molecule has 0 aliphatic heterocycles. The van der Waals surface area contributed by atoms with E-state index < -0.39 is 5.97 Å². The van der Waals surface area contributed by atoms with Crippen molar-refractivity contribution in [2.24, 2.45) is 0 Å². The molecule has 0 spiro atoms. The summed E-state index contributed by atoms with van der Waals surface area (Å²) in [6.07, 6.45) is 1.32. The number of hydrogen-bond acceptors (Lipinski definition) is 4. The fourth-order valence-electron chi connectivity index (χ4n) is 1.71. The first-order chi connectivity index (χ1) is 9.00. The topological polar surface area (TPSA) is 53.4 Å². The van der Waals surface area contributed by atoms with Crippen LogP contribution in [0.1, 0.15) is 28.2 Å². The van der Waals surface area contributed by atoms with Gasteiger partial charge in [-0.1, -0.05) is 17.7 Å². The molecule has 0 aromatic carbocycles. The van der Waals surface area contributed by atoms with Crippen molar-refractivity contribution in [1.29, 1.82) is 0 Å². The summed E-state index contributed by atoms with van der Waals surface area (Å²) in [5, 5.41) is 11.2. The van der Waals surface area contributed by atoms with Crippen LogP contribution in [0.3, 0.4) is 0 Å². The highest BCUT2D eigenvalue weighted by Crippen LogP contribution is 2.31. The summed E-state index contributed by atoms with van der Waals surface area (Å²) >= 11 is 7.77. The molecule has 0 aliphatic rings. The Labute approximate surface area is 120 Å². The van der Waals surface area contributed by atoms with E-state index in [2.05, 4.69) is 11.9 Å². The molecule has 0 radical (unpaired) electrons. The van der Waals surface area contributed by atoms with Gasteiger partial charge in [0, 0.05) is 18.1 Å². The molecule has 1 atom stereocenters. The molecule has 0 bridgehead atoms. The van der Waals surface area contributed by atoms with Gasteiger partial charge in [0.25, 0.3) is 0 Å².